The van der Waals surface area contributed by atoms with Gasteiger partial charge in [0.1, 0.15) is 17.1 Å². The van der Waals surface area contributed by atoms with E-state index in [0.29, 0.717) is 22.8 Å². The summed E-state index contributed by atoms with van der Waals surface area (Å²) in [5.74, 6) is -0.784. The van der Waals surface area contributed by atoms with E-state index < -0.39 is 17.3 Å². The highest BCUT2D eigenvalue weighted by Crippen LogP contribution is 2.23. The molecule has 0 fully saturated rings. The summed E-state index contributed by atoms with van der Waals surface area (Å²) in [6.07, 6.45) is 0.690. The number of hydrogen-bond acceptors (Lipinski definition) is 4. The minimum Gasteiger partial charge on any atom is -0.484 e. The van der Waals surface area contributed by atoms with E-state index in [1.165, 1.54) is 18.2 Å². The zero-order valence-corrected chi connectivity index (χ0v) is 14.6. The van der Waals surface area contributed by atoms with Gasteiger partial charge in [-0.2, -0.15) is 0 Å². The number of nitrogens with one attached hydrogen (secondary N) is 1. The van der Waals surface area contributed by atoms with Gasteiger partial charge in [0.2, 0.25) is 0 Å². The zero-order chi connectivity index (χ0) is 18.7. The molecule has 0 saturated heterocycles. The van der Waals surface area contributed by atoms with E-state index in [-0.39, 0.29) is 12.3 Å². The molecule has 1 amide bonds. The zero-order valence-electron chi connectivity index (χ0n) is 13.8. The number of hydrogen-bond donors (Lipinski definition) is 1. The number of halogens is 2. The number of carbonyl (C=O) groups excluding carboxylic acids is 1. The number of ether oxygens (including phenoxy) is 1. The highest BCUT2D eigenvalue weighted by Gasteiger charge is 2.10. The fourth-order valence-corrected chi connectivity index (χ4v) is 2.69. The Labute approximate surface area is 153 Å². The van der Waals surface area contributed by atoms with Gasteiger partial charge in [-0.3, -0.25) is 4.79 Å². The third kappa shape index (κ3) is 4.03. The quantitative estimate of drug-likeness (QED) is 0.680. The molecule has 26 heavy (non-hydrogen) atoms. The van der Waals surface area contributed by atoms with Crippen LogP contribution in [0.1, 0.15) is 12.5 Å². The largest absolute Gasteiger partial charge is 0.484 e. The number of amides is 1. The monoisotopic (exact) mass is 375 g/mol. The van der Waals surface area contributed by atoms with Gasteiger partial charge < -0.3 is 14.5 Å². The number of fused-ring (bicyclic) bond motifs is 1. The minimum absolute atomic E-state index is 0.0248. The molecule has 0 unspecified atom stereocenters. The van der Waals surface area contributed by atoms with E-state index in [0.717, 1.165) is 17.0 Å². The molecule has 0 aliphatic carbocycles. The van der Waals surface area contributed by atoms with Crippen molar-refractivity contribution >= 4 is 34.2 Å². The van der Waals surface area contributed by atoms with E-state index in [1.54, 1.807) is 18.2 Å². The van der Waals surface area contributed by atoms with Gasteiger partial charge in [0.05, 0.1) is 5.69 Å². The molecule has 0 saturated carbocycles. The van der Waals surface area contributed by atoms with Crippen molar-refractivity contribution in [2.75, 3.05) is 11.9 Å². The second-order valence-electron chi connectivity index (χ2n) is 5.56. The minimum atomic E-state index is -0.595. The Morgan fingerprint density at radius 1 is 1.23 bits per heavy atom. The maximum absolute atomic E-state index is 13.6. The SMILES string of the molecule is CCc1cc(=O)oc2cc(OCC(=O)Nc3cc(Cl)ccc3F)ccc12. The average Bonchev–Trinajstić information content (AvgIpc) is 2.62. The molecule has 0 aliphatic heterocycles. The van der Waals surface area contributed by atoms with Crippen LogP contribution in [-0.2, 0) is 11.2 Å². The molecule has 1 heterocycles. The summed E-state index contributed by atoms with van der Waals surface area (Å²) >= 11 is 5.78. The predicted octanol–water partition coefficient (Wildman–Crippen LogP) is 4.17. The number of benzene rings is 2. The van der Waals surface area contributed by atoms with Crippen molar-refractivity contribution in [3.8, 4) is 5.75 Å². The summed E-state index contributed by atoms with van der Waals surface area (Å²) in [5.41, 5.74) is 0.786. The summed E-state index contributed by atoms with van der Waals surface area (Å²) in [6, 6.07) is 10.3. The van der Waals surface area contributed by atoms with Crippen LogP contribution >= 0.6 is 11.6 Å². The molecular weight excluding hydrogens is 361 g/mol. The smallest absolute Gasteiger partial charge is 0.336 e. The summed E-state index contributed by atoms with van der Waals surface area (Å²) in [4.78, 5) is 23.5. The Kier molecular flexibility index (Phi) is 5.23. The summed E-state index contributed by atoms with van der Waals surface area (Å²) in [7, 11) is 0. The van der Waals surface area contributed by atoms with Crippen LogP contribution in [0.2, 0.25) is 5.02 Å². The molecule has 3 rings (SSSR count). The summed E-state index contributed by atoms with van der Waals surface area (Å²) in [6.45, 7) is 1.60. The Morgan fingerprint density at radius 2 is 2.04 bits per heavy atom. The van der Waals surface area contributed by atoms with Crippen LogP contribution in [0, 0.1) is 5.82 Å². The van der Waals surface area contributed by atoms with Gasteiger partial charge in [-0.05, 0) is 42.3 Å². The second kappa shape index (κ2) is 7.58. The number of carbonyl (C=O) groups is 1. The van der Waals surface area contributed by atoms with Crippen LogP contribution in [0.3, 0.4) is 0 Å². The Hall–Kier alpha value is -2.86. The molecule has 0 radical (unpaired) electrons. The molecule has 0 bridgehead atoms. The first-order valence-electron chi connectivity index (χ1n) is 7.90. The lowest BCUT2D eigenvalue weighted by atomic mass is 10.1. The molecule has 7 heteroatoms. The first-order chi connectivity index (χ1) is 12.5. The number of aryl methyl sites for hydroxylation is 1. The summed E-state index contributed by atoms with van der Waals surface area (Å²) < 4.78 is 24.2. The standard InChI is InChI=1S/C19H15ClFNO4/c1-2-11-7-19(24)26-17-9-13(4-5-14(11)17)25-10-18(23)22-16-8-12(20)3-6-15(16)21/h3-9H,2,10H2,1H3,(H,22,23). The Morgan fingerprint density at radius 3 is 2.81 bits per heavy atom. The fraction of sp³-hybridized carbons (Fsp3) is 0.158. The first kappa shape index (κ1) is 17.9. The van der Waals surface area contributed by atoms with E-state index >= 15 is 0 Å². The molecule has 0 spiro atoms. The van der Waals surface area contributed by atoms with Crippen LogP contribution in [-0.4, -0.2) is 12.5 Å². The molecule has 1 N–H and O–H groups in total. The lowest BCUT2D eigenvalue weighted by Crippen LogP contribution is -2.20. The lowest BCUT2D eigenvalue weighted by molar-refractivity contribution is -0.118. The van der Waals surface area contributed by atoms with Crippen molar-refractivity contribution in [3.05, 3.63) is 69.3 Å². The normalized spacial score (nSPS) is 10.7. The molecule has 5 nitrogen and oxygen atoms in total. The van der Waals surface area contributed by atoms with Crippen molar-refractivity contribution in [2.24, 2.45) is 0 Å². The van der Waals surface area contributed by atoms with Gasteiger partial charge >= 0.3 is 5.63 Å². The molecule has 134 valence electrons. The van der Waals surface area contributed by atoms with Crippen LogP contribution < -0.4 is 15.7 Å². The predicted molar refractivity (Wildman–Crippen MR) is 97.4 cm³/mol. The average molecular weight is 376 g/mol. The van der Waals surface area contributed by atoms with Crippen molar-refractivity contribution in [2.45, 2.75) is 13.3 Å². The van der Waals surface area contributed by atoms with Gasteiger partial charge in [-0.1, -0.05) is 18.5 Å². The molecule has 3 aromatic rings. The van der Waals surface area contributed by atoms with E-state index in [4.69, 9.17) is 20.8 Å². The number of anilines is 1. The van der Waals surface area contributed by atoms with Crippen LogP contribution in [0.15, 0.2) is 51.7 Å². The highest BCUT2D eigenvalue weighted by molar-refractivity contribution is 6.30. The molecule has 0 atom stereocenters. The third-order valence-corrected chi connectivity index (χ3v) is 3.99. The maximum Gasteiger partial charge on any atom is 0.336 e. The third-order valence-electron chi connectivity index (χ3n) is 3.75. The van der Waals surface area contributed by atoms with E-state index in [1.807, 2.05) is 6.92 Å². The molecule has 2 aromatic carbocycles. The Balaban J connectivity index is 1.72. The van der Waals surface area contributed by atoms with Crippen molar-refractivity contribution in [3.63, 3.8) is 0 Å². The van der Waals surface area contributed by atoms with Crippen LogP contribution in [0.25, 0.3) is 11.0 Å². The van der Waals surface area contributed by atoms with Crippen molar-refractivity contribution < 1.29 is 18.3 Å². The fourth-order valence-electron chi connectivity index (χ4n) is 2.52. The van der Waals surface area contributed by atoms with Gasteiger partial charge in [0.25, 0.3) is 5.91 Å². The topological polar surface area (TPSA) is 68.5 Å². The van der Waals surface area contributed by atoms with Gasteiger partial charge in [0.15, 0.2) is 6.61 Å². The van der Waals surface area contributed by atoms with Crippen molar-refractivity contribution in [1.29, 1.82) is 0 Å². The van der Waals surface area contributed by atoms with Gasteiger partial charge in [-0.15, -0.1) is 0 Å². The van der Waals surface area contributed by atoms with Gasteiger partial charge in [0, 0.05) is 22.5 Å². The molecule has 1 aromatic heterocycles. The Bertz CT molecular complexity index is 1030. The first-order valence-corrected chi connectivity index (χ1v) is 8.28. The number of rotatable bonds is 5. The maximum atomic E-state index is 13.6. The molecular formula is C19H15ClFNO4. The van der Waals surface area contributed by atoms with Crippen LogP contribution in [0.4, 0.5) is 10.1 Å². The van der Waals surface area contributed by atoms with Gasteiger partial charge in [-0.25, -0.2) is 9.18 Å². The van der Waals surface area contributed by atoms with E-state index in [2.05, 4.69) is 5.32 Å². The highest BCUT2D eigenvalue weighted by atomic mass is 35.5. The molecule has 0 aliphatic rings. The van der Waals surface area contributed by atoms with Crippen LogP contribution in [0.5, 0.6) is 5.75 Å². The van der Waals surface area contributed by atoms with E-state index in [9.17, 15) is 14.0 Å². The van der Waals surface area contributed by atoms with Crippen molar-refractivity contribution in [1.82, 2.24) is 0 Å². The second-order valence-corrected chi connectivity index (χ2v) is 6.00. The summed E-state index contributed by atoms with van der Waals surface area (Å²) in [5, 5.41) is 3.50. The lowest BCUT2D eigenvalue weighted by Gasteiger charge is -2.09.